The molecule has 0 aliphatic heterocycles. The molecule has 4 N–H and O–H groups in total. The number of carboxylic acid groups (broad SMARTS) is 2. The topological polar surface area (TPSA) is 132 Å². The molecule has 2 aromatic carbocycles. The summed E-state index contributed by atoms with van der Waals surface area (Å²) in [4.78, 5) is 21.8. The van der Waals surface area contributed by atoms with E-state index < -0.39 is 11.9 Å². The molecule has 1 radical (unpaired) electrons. The number of carboxylic acids is 2. The van der Waals surface area contributed by atoms with Crippen LogP contribution in [0, 0.1) is 0 Å². The number of hydrogen-bond donors (Lipinski definition) is 4. The molecule has 0 saturated carbocycles. The van der Waals surface area contributed by atoms with Gasteiger partial charge in [0, 0.05) is 40.6 Å². The monoisotopic (exact) mass is 439 g/mol. The third kappa shape index (κ3) is 5.19. The second-order valence-electron chi connectivity index (χ2n) is 5.64. The number of nitrogens with one attached hydrogen (secondary N) is 2. The summed E-state index contributed by atoms with van der Waals surface area (Å²) in [5, 5.41) is 30.9. The maximum atomic E-state index is 10.9. The van der Waals surface area contributed by atoms with Gasteiger partial charge in [0.1, 0.15) is 0 Å². The number of carbonyl (C=O) groups is 2. The van der Waals surface area contributed by atoms with E-state index in [1.807, 2.05) is 0 Å². The van der Waals surface area contributed by atoms with E-state index in [4.69, 9.17) is 10.2 Å². The number of hydrogen-bond acceptors (Lipinski definition) is 4. The molecule has 0 aliphatic carbocycles. The van der Waals surface area contributed by atoms with Crippen molar-refractivity contribution in [3.8, 4) is 22.5 Å². The Labute approximate surface area is 176 Å². The zero-order valence-electron chi connectivity index (χ0n) is 14.8. The maximum Gasteiger partial charge on any atom is 0.336 e. The van der Waals surface area contributed by atoms with Crippen molar-refractivity contribution in [1.29, 1.82) is 0 Å². The van der Waals surface area contributed by atoms with E-state index in [1.54, 1.807) is 73.1 Å². The van der Waals surface area contributed by atoms with E-state index in [0.717, 1.165) is 0 Å². The minimum atomic E-state index is -0.935. The molecule has 151 valence electrons. The van der Waals surface area contributed by atoms with Crippen LogP contribution in [0.15, 0.2) is 73.1 Å². The van der Waals surface area contributed by atoms with Crippen LogP contribution < -0.4 is 0 Å². The van der Waals surface area contributed by atoms with E-state index >= 15 is 0 Å². The summed E-state index contributed by atoms with van der Waals surface area (Å²) in [5.74, 6) is -1.87. The number of aromatic nitrogens is 4. The SMILES string of the molecule is O=C(O)c1ccccc1-c1ccn[nH]1.O=C(O)c1ccccc1-c1ccn[nH]1.[Cu]. The normalized spacial score (nSPS) is 9.66. The van der Waals surface area contributed by atoms with Gasteiger partial charge in [0.15, 0.2) is 0 Å². The Kier molecular flexibility index (Phi) is 7.47. The summed E-state index contributed by atoms with van der Waals surface area (Å²) in [6, 6.07) is 17.1. The summed E-state index contributed by atoms with van der Waals surface area (Å²) < 4.78 is 0. The largest absolute Gasteiger partial charge is 0.478 e. The van der Waals surface area contributed by atoms with Gasteiger partial charge in [-0.25, -0.2) is 9.59 Å². The number of nitrogens with zero attached hydrogens (tertiary/aromatic N) is 2. The van der Waals surface area contributed by atoms with E-state index in [1.165, 1.54) is 0 Å². The molecule has 4 rings (SSSR count). The van der Waals surface area contributed by atoms with Crippen molar-refractivity contribution < 1.29 is 36.9 Å². The van der Waals surface area contributed by atoms with E-state index in [-0.39, 0.29) is 28.2 Å². The fourth-order valence-corrected chi connectivity index (χ4v) is 2.62. The fraction of sp³-hybridized carbons (Fsp3) is 0. The zero-order chi connectivity index (χ0) is 19.9. The van der Waals surface area contributed by atoms with Gasteiger partial charge in [-0.2, -0.15) is 10.2 Å². The van der Waals surface area contributed by atoms with Crippen LogP contribution in [0.5, 0.6) is 0 Å². The molecule has 0 spiro atoms. The van der Waals surface area contributed by atoms with Crippen LogP contribution in [-0.4, -0.2) is 42.5 Å². The standard InChI is InChI=1S/2C10H8N2O2.Cu/c2*13-10(14)8-4-2-1-3-7(8)9-5-6-11-12-9;/h2*1-6H,(H,11,12)(H,13,14);. The summed E-state index contributed by atoms with van der Waals surface area (Å²) >= 11 is 0. The minimum Gasteiger partial charge on any atom is -0.478 e. The molecule has 2 heterocycles. The molecule has 0 atom stereocenters. The Hall–Kier alpha value is -3.68. The van der Waals surface area contributed by atoms with Gasteiger partial charge in [0.2, 0.25) is 0 Å². The van der Waals surface area contributed by atoms with Crippen molar-refractivity contribution >= 4 is 11.9 Å². The minimum absolute atomic E-state index is 0. The first kappa shape index (κ1) is 21.6. The molecular weight excluding hydrogens is 424 g/mol. The molecule has 2 aromatic heterocycles. The Balaban J connectivity index is 0.000000200. The van der Waals surface area contributed by atoms with Crippen LogP contribution in [0.2, 0.25) is 0 Å². The number of aromatic amines is 2. The van der Waals surface area contributed by atoms with Crippen LogP contribution in [0.1, 0.15) is 20.7 Å². The Morgan fingerprint density at radius 1 is 0.655 bits per heavy atom. The van der Waals surface area contributed by atoms with Crippen LogP contribution >= 0.6 is 0 Å². The second kappa shape index (κ2) is 10.0. The molecular formula is C20H16CuN4O4. The van der Waals surface area contributed by atoms with Crippen LogP contribution in [0.4, 0.5) is 0 Å². The summed E-state index contributed by atoms with van der Waals surface area (Å²) in [7, 11) is 0. The van der Waals surface area contributed by atoms with E-state index in [2.05, 4.69) is 20.4 Å². The number of benzene rings is 2. The zero-order valence-corrected chi connectivity index (χ0v) is 15.8. The summed E-state index contributed by atoms with van der Waals surface area (Å²) in [6.07, 6.45) is 3.18. The predicted octanol–water partition coefficient (Wildman–Crippen LogP) is 3.55. The van der Waals surface area contributed by atoms with Gasteiger partial charge in [-0.05, 0) is 24.3 Å². The second-order valence-corrected chi connectivity index (χ2v) is 5.64. The van der Waals surface area contributed by atoms with Gasteiger partial charge >= 0.3 is 11.9 Å². The Morgan fingerprint density at radius 2 is 1.03 bits per heavy atom. The molecule has 0 amide bonds. The van der Waals surface area contributed by atoms with E-state index in [0.29, 0.717) is 22.5 Å². The molecule has 8 nitrogen and oxygen atoms in total. The number of aromatic carboxylic acids is 2. The molecule has 9 heteroatoms. The van der Waals surface area contributed by atoms with Crippen molar-refractivity contribution in [1.82, 2.24) is 20.4 Å². The van der Waals surface area contributed by atoms with Gasteiger partial charge in [0.05, 0.1) is 22.5 Å². The van der Waals surface area contributed by atoms with Gasteiger partial charge < -0.3 is 10.2 Å². The molecule has 4 aromatic rings. The third-order valence-corrected chi connectivity index (χ3v) is 3.90. The molecule has 0 unspecified atom stereocenters. The van der Waals surface area contributed by atoms with Crippen LogP contribution in [-0.2, 0) is 17.1 Å². The molecule has 0 fully saturated rings. The Morgan fingerprint density at radius 3 is 1.34 bits per heavy atom. The maximum absolute atomic E-state index is 10.9. The van der Waals surface area contributed by atoms with Gasteiger partial charge in [0.25, 0.3) is 0 Å². The predicted molar refractivity (Wildman–Crippen MR) is 102 cm³/mol. The smallest absolute Gasteiger partial charge is 0.336 e. The average Bonchev–Trinajstić information content (AvgIpc) is 3.42. The molecule has 0 bridgehead atoms. The van der Waals surface area contributed by atoms with Crippen molar-refractivity contribution in [2.24, 2.45) is 0 Å². The molecule has 0 saturated heterocycles. The fourth-order valence-electron chi connectivity index (χ4n) is 2.62. The quantitative estimate of drug-likeness (QED) is 0.359. The van der Waals surface area contributed by atoms with Crippen LogP contribution in [0.25, 0.3) is 22.5 Å². The van der Waals surface area contributed by atoms with E-state index in [9.17, 15) is 9.59 Å². The van der Waals surface area contributed by atoms with Gasteiger partial charge in [-0.3, -0.25) is 10.2 Å². The Bertz CT molecular complexity index is 992. The van der Waals surface area contributed by atoms with Crippen molar-refractivity contribution in [3.05, 3.63) is 84.2 Å². The van der Waals surface area contributed by atoms with Crippen molar-refractivity contribution in [3.63, 3.8) is 0 Å². The first-order chi connectivity index (χ1) is 13.6. The summed E-state index contributed by atoms with van der Waals surface area (Å²) in [5.41, 5.74) is 3.27. The molecule has 29 heavy (non-hydrogen) atoms. The first-order valence-corrected chi connectivity index (χ1v) is 8.22. The number of rotatable bonds is 4. The summed E-state index contributed by atoms with van der Waals surface area (Å²) in [6.45, 7) is 0. The van der Waals surface area contributed by atoms with Gasteiger partial charge in [-0.15, -0.1) is 0 Å². The number of H-pyrrole nitrogens is 2. The van der Waals surface area contributed by atoms with Crippen LogP contribution in [0.3, 0.4) is 0 Å². The third-order valence-electron chi connectivity index (χ3n) is 3.90. The van der Waals surface area contributed by atoms with Crippen molar-refractivity contribution in [2.45, 2.75) is 0 Å². The average molecular weight is 440 g/mol. The molecule has 0 aliphatic rings. The first-order valence-electron chi connectivity index (χ1n) is 8.22. The van der Waals surface area contributed by atoms with Gasteiger partial charge in [-0.1, -0.05) is 36.4 Å². The van der Waals surface area contributed by atoms with Crippen molar-refractivity contribution in [2.75, 3.05) is 0 Å².